The van der Waals surface area contributed by atoms with Crippen molar-refractivity contribution in [2.75, 3.05) is 43.9 Å². The van der Waals surface area contributed by atoms with Crippen LogP contribution in [0.3, 0.4) is 0 Å². The largest absolute Gasteiger partial charge is 0.384 e. The highest BCUT2D eigenvalue weighted by Gasteiger charge is 2.19. The van der Waals surface area contributed by atoms with Gasteiger partial charge in [0.25, 0.3) is 0 Å². The number of piperazine rings is 1. The lowest BCUT2D eigenvalue weighted by Crippen LogP contribution is -2.44. The van der Waals surface area contributed by atoms with Crippen molar-refractivity contribution >= 4 is 22.8 Å². The Labute approximate surface area is 141 Å². The van der Waals surface area contributed by atoms with Crippen molar-refractivity contribution in [2.24, 2.45) is 0 Å². The summed E-state index contributed by atoms with van der Waals surface area (Å²) >= 11 is 1.80. The van der Waals surface area contributed by atoms with E-state index in [1.54, 1.807) is 11.3 Å². The maximum absolute atomic E-state index is 6.08. The number of thiazole rings is 1. The Bertz CT molecular complexity index is 680. The van der Waals surface area contributed by atoms with E-state index in [0.29, 0.717) is 5.82 Å². The molecule has 3 heterocycles. The van der Waals surface area contributed by atoms with Crippen LogP contribution in [-0.2, 0) is 12.8 Å². The molecule has 0 aromatic carbocycles. The molecule has 0 radical (unpaired) electrons. The molecule has 0 saturated carbocycles. The van der Waals surface area contributed by atoms with Crippen molar-refractivity contribution in [3.05, 3.63) is 22.7 Å². The maximum Gasteiger partial charge on any atom is 0.142 e. The average Bonchev–Trinajstić information content (AvgIpc) is 2.99. The summed E-state index contributed by atoms with van der Waals surface area (Å²) in [4.78, 5) is 15.6. The molecule has 1 aliphatic heterocycles. The van der Waals surface area contributed by atoms with Crippen molar-refractivity contribution in [1.82, 2.24) is 14.9 Å². The van der Waals surface area contributed by atoms with Gasteiger partial charge in [-0.1, -0.05) is 0 Å². The minimum Gasteiger partial charge on any atom is -0.384 e. The smallest absolute Gasteiger partial charge is 0.142 e. The van der Waals surface area contributed by atoms with Gasteiger partial charge in [-0.25, -0.2) is 9.97 Å². The Morgan fingerprint density at radius 1 is 1.04 bits per heavy atom. The molecule has 2 aromatic heterocycles. The van der Waals surface area contributed by atoms with Gasteiger partial charge in [-0.2, -0.15) is 0 Å². The second-order valence-corrected chi connectivity index (χ2v) is 7.61. The number of anilines is 2. The van der Waals surface area contributed by atoms with E-state index in [0.717, 1.165) is 43.3 Å². The zero-order valence-electron chi connectivity index (χ0n) is 13.6. The van der Waals surface area contributed by atoms with Gasteiger partial charge >= 0.3 is 0 Å². The predicted octanol–water partition coefficient (Wildman–Crippen LogP) is 2.42. The second kappa shape index (κ2) is 6.09. The molecule has 0 unspecified atom stereocenters. The molecule has 1 fully saturated rings. The SMILES string of the molecule is CN1CCN(c2cc(N)nc(-c3nc4c(s3)CCCC4)c2)CC1. The number of hydrogen-bond donors (Lipinski definition) is 1. The number of nitrogen functional groups attached to an aromatic ring is 1. The van der Waals surface area contributed by atoms with E-state index in [1.807, 2.05) is 6.07 Å². The van der Waals surface area contributed by atoms with E-state index < -0.39 is 0 Å². The zero-order valence-corrected chi connectivity index (χ0v) is 14.4. The summed E-state index contributed by atoms with van der Waals surface area (Å²) < 4.78 is 0. The third-order valence-corrected chi connectivity index (χ3v) is 5.94. The van der Waals surface area contributed by atoms with E-state index in [4.69, 9.17) is 10.7 Å². The van der Waals surface area contributed by atoms with Gasteiger partial charge in [0.15, 0.2) is 0 Å². The standard InChI is InChI=1S/C17H23N5S/c1-21-6-8-22(9-7-21)12-10-14(19-16(18)11-12)17-20-13-4-2-3-5-15(13)23-17/h10-11H,2-9H2,1H3,(H2,18,19). The molecular formula is C17H23N5S. The van der Waals surface area contributed by atoms with Crippen LogP contribution in [0.2, 0.25) is 0 Å². The highest BCUT2D eigenvalue weighted by molar-refractivity contribution is 7.15. The summed E-state index contributed by atoms with van der Waals surface area (Å²) in [7, 11) is 2.17. The van der Waals surface area contributed by atoms with Crippen LogP contribution in [0.5, 0.6) is 0 Å². The number of rotatable bonds is 2. The first-order valence-electron chi connectivity index (χ1n) is 8.39. The lowest BCUT2D eigenvalue weighted by atomic mass is 10.0. The van der Waals surface area contributed by atoms with Gasteiger partial charge in [0, 0.05) is 42.8 Å². The zero-order chi connectivity index (χ0) is 15.8. The molecule has 6 heteroatoms. The van der Waals surface area contributed by atoms with Crippen molar-refractivity contribution in [2.45, 2.75) is 25.7 Å². The number of nitrogens with two attached hydrogens (primary N) is 1. The molecule has 2 aromatic rings. The second-order valence-electron chi connectivity index (χ2n) is 6.52. The molecule has 2 N–H and O–H groups in total. The fraction of sp³-hybridized carbons (Fsp3) is 0.529. The number of aryl methyl sites for hydroxylation is 2. The molecule has 122 valence electrons. The van der Waals surface area contributed by atoms with Gasteiger partial charge in [0.1, 0.15) is 16.5 Å². The molecule has 0 spiro atoms. The summed E-state index contributed by atoms with van der Waals surface area (Å²) in [6.07, 6.45) is 4.82. The van der Waals surface area contributed by atoms with E-state index in [1.165, 1.54) is 35.5 Å². The Morgan fingerprint density at radius 3 is 2.61 bits per heavy atom. The molecule has 0 atom stereocenters. The molecule has 23 heavy (non-hydrogen) atoms. The topological polar surface area (TPSA) is 58.3 Å². The fourth-order valence-corrected chi connectivity index (χ4v) is 4.47. The summed E-state index contributed by atoms with van der Waals surface area (Å²) in [5.41, 5.74) is 9.46. The van der Waals surface area contributed by atoms with E-state index in [2.05, 4.69) is 27.9 Å². The third-order valence-electron chi connectivity index (χ3n) is 4.76. The normalized spacial score (nSPS) is 18.9. The summed E-state index contributed by atoms with van der Waals surface area (Å²) in [6, 6.07) is 4.15. The Morgan fingerprint density at radius 2 is 1.83 bits per heavy atom. The van der Waals surface area contributed by atoms with E-state index in [9.17, 15) is 0 Å². The highest BCUT2D eigenvalue weighted by atomic mass is 32.1. The predicted molar refractivity (Wildman–Crippen MR) is 96.1 cm³/mol. The lowest BCUT2D eigenvalue weighted by molar-refractivity contribution is 0.313. The highest BCUT2D eigenvalue weighted by Crippen LogP contribution is 2.34. The van der Waals surface area contributed by atoms with Crippen LogP contribution in [0.15, 0.2) is 12.1 Å². The Kier molecular flexibility index (Phi) is 3.95. The van der Waals surface area contributed by atoms with Crippen molar-refractivity contribution < 1.29 is 0 Å². The third kappa shape index (κ3) is 3.05. The fourth-order valence-electron chi connectivity index (χ4n) is 3.36. The first-order valence-corrected chi connectivity index (χ1v) is 9.21. The molecular weight excluding hydrogens is 306 g/mol. The minimum absolute atomic E-state index is 0.588. The van der Waals surface area contributed by atoms with E-state index >= 15 is 0 Å². The molecule has 5 nitrogen and oxygen atoms in total. The van der Waals surface area contributed by atoms with Crippen LogP contribution in [-0.4, -0.2) is 48.1 Å². The minimum atomic E-state index is 0.588. The van der Waals surface area contributed by atoms with Crippen LogP contribution in [0.25, 0.3) is 10.7 Å². The number of aromatic nitrogens is 2. The van der Waals surface area contributed by atoms with Crippen LogP contribution < -0.4 is 10.6 Å². The monoisotopic (exact) mass is 329 g/mol. The van der Waals surface area contributed by atoms with Crippen LogP contribution in [0, 0.1) is 0 Å². The van der Waals surface area contributed by atoms with Crippen molar-refractivity contribution in [3.8, 4) is 10.7 Å². The summed E-state index contributed by atoms with van der Waals surface area (Å²) in [5.74, 6) is 0.588. The Balaban J connectivity index is 1.65. The molecule has 0 bridgehead atoms. The molecule has 1 aliphatic carbocycles. The number of fused-ring (bicyclic) bond motifs is 1. The number of pyridine rings is 1. The number of likely N-dealkylation sites (N-methyl/N-ethyl adjacent to an activating group) is 1. The number of nitrogens with zero attached hydrogens (tertiary/aromatic N) is 4. The van der Waals surface area contributed by atoms with Gasteiger partial charge < -0.3 is 15.5 Å². The van der Waals surface area contributed by atoms with E-state index in [-0.39, 0.29) is 0 Å². The lowest BCUT2D eigenvalue weighted by Gasteiger charge is -2.34. The van der Waals surface area contributed by atoms with Crippen molar-refractivity contribution in [3.63, 3.8) is 0 Å². The van der Waals surface area contributed by atoms with Crippen LogP contribution in [0.4, 0.5) is 11.5 Å². The summed E-state index contributed by atoms with van der Waals surface area (Å²) in [6.45, 7) is 4.24. The van der Waals surface area contributed by atoms with Crippen LogP contribution >= 0.6 is 11.3 Å². The van der Waals surface area contributed by atoms with Crippen molar-refractivity contribution in [1.29, 1.82) is 0 Å². The maximum atomic E-state index is 6.08. The van der Waals surface area contributed by atoms with Gasteiger partial charge in [-0.05, 0) is 38.8 Å². The average molecular weight is 329 g/mol. The first-order chi connectivity index (χ1) is 11.2. The van der Waals surface area contributed by atoms with Gasteiger partial charge in [0.05, 0.1) is 5.69 Å². The Hall–Kier alpha value is -1.66. The van der Waals surface area contributed by atoms with Gasteiger partial charge in [-0.15, -0.1) is 11.3 Å². The molecule has 0 amide bonds. The quantitative estimate of drug-likeness (QED) is 0.917. The number of hydrogen-bond acceptors (Lipinski definition) is 6. The summed E-state index contributed by atoms with van der Waals surface area (Å²) in [5, 5.41) is 1.03. The van der Waals surface area contributed by atoms with Crippen LogP contribution in [0.1, 0.15) is 23.4 Å². The molecule has 1 saturated heterocycles. The molecule has 2 aliphatic rings. The first kappa shape index (κ1) is 14.9. The van der Waals surface area contributed by atoms with Gasteiger partial charge in [-0.3, -0.25) is 0 Å². The molecule has 4 rings (SSSR count). The van der Waals surface area contributed by atoms with Gasteiger partial charge in [0.2, 0.25) is 0 Å².